The van der Waals surface area contributed by atoms with Crippen LogP contribution in [-0.4, -0.2) is 72.1 Å². The first-order valence-corrected chi connectivity index (χ1v) is 13.1. The maximum Gasteiger partial charge on any atom is 0.240 e. The third kappa shape index (κ3) is 5.34. The molecule has 0 amide bonds. The molecule has 2 aromatic rings. The van der Waals surface area contributed by atoms with E-state index in [9.17, 15) is 8.42 Å². The Morgan fingerprint density at radius 1 is 0.938 bits per heavy atom. The van der Waals surface area contributed by atoms with E-state index in [2.05, 4.69) is 50.7 Å². The van der Waals surface area contributed by atoms with Gasteiger partial charge in [-0.05, 0) is 73.7 Å². The topological polar surface area (TPSA) is 55.9 Å². The van der Waals surface area contributed by atoms with E-state index in [0.717, 1.165) is 56.7 Å². The van der Waals surface area contributed by atoms with E-state index in [1.54, 1.807) is 6.07 Å². The zero-order valence-electron chi connectivity index (χ0n) is 19.5. The summed E-state index contributed by atoms with van der Waals surface area (Å²) in [5.41, 5.74) is 4.77. The van der Waals surface area contributed by atoms with Gasteiger partial charge >= 0.3 is 0 Å². The van der Waals surface area contributed by atoms with Crippen molar-refractivity contribution >= 4 is 15.7 Å². The number of hydrogen-bond donors (Lipinski definition) is 1. The van der Waals surface area contributed by atoms with Crippen LogP contribution in [0.25, 0.3) is 0 Å². The predicted molar refractivity (Wildman–Crippen MR) is 131 cm³/mol. The van der Waals surface area contributed by atoms with E-state index in [1.165, 1.54) is 17.5 Å². The number of nitrogens with one attached hydrogen (secondary N) is 1. The fraction of sp³-hybridized carbons (Fsp3) is 0.520. The van der Waals surface area contributed by atoms with Crippen LogP contribution in [0.1, 0.15) is 35.6 Å². The molecule has 1 fully saturated rings. The first kappa shape index (κ1) is 23.2. The number of nitrogens with zero attached hydrogens (tertiary/aromatic N) is 3. The molecule has 174 valence electrons. The highest BCUT2D eigenvalue weighted by Gasteiger charge is 2.26. The summed E-state index contributed by atoms with van der Waals surface area (Å²) in [4.78, 5) is 7.19. The molecule has 1 atom stereocenters. The molecule has 1 N–H and O–H groups in total. The average molecular weight is 457 g/mol. The highest BCUT2D eigenvalue weighted by atomic mass is 32.2. The second kappa shape index (κ2) is 9.91. The van der Waals surface area contributed by atoms with E-state index in [4.69, 9.17) is 0 Å². The third-order valence-corrected chi connectivity index (χ3v) is 8.29. The molecule has 0 saturated carbocycles. The molecule has 1 aliphatic heterocycles. The van der Waals surface area contributed by atoms with Crippen molar-refractivity contribution < 1.29 is 8.42 Å². The maximum absolute atomic E-state index is 13.2. The van der Waals surface area contributed by atoms with Crippen molar-refractivity contribution in [1.29, 1.82) is 0 Å². The van der Waals surface area contributed by atoms with Gasteiger partial charge in [0.25, 0.3) is 0 Å². The minimum atomic E-state index is -3.56. The highest BCUT2D eigenvalue weighted by molar-refractivity contribution is 7.89. The number of fused-ring (bicyclic) bond motifs is 1. The van der Waals surface area contributed by atoms with Gasteiger partial charge in [-0.15, -0.1) is 0 Å². The number of likely N-dealkylation sites (N-methyl/N-ethyl adjacent to an activating group) is 1. The van der Waals surface area contributed by atoms with Crippen LogP contribution in [0.2, 0.25) is 0 Å². The Morgan fingerprint density at radius 3 is 2.25 bits per heavy atom. The molecule has 4 rings (SSSR count). The normalized spacial score (nSPS) is 18.8. The van der Waals surface area contributed by atoms with Gasteiger partial charge in [-0.2, -0.15) is 0 Å². The van der Waals surface area contributed by atoms with Crippen molar-refractivity contribution in [1.82, 2.24) is 14.5 Å². The van der Waals surface area contributed by atoms with E-state index in [0.29, 0.717) is 11.4 Å². The molecule has 2 aromatic carbocycles. The Hall–Kier alpha value is -1.93. The van der Waals surface area contributed by atoms with Gasteiger partial charge in [-0.1, -0.05) is 18.2 Å². The van der Waals surface area contributed by atoms with Crippen molar-refractivity contribution in [3.8, 4) is 0 Å². The van der Waals surface area contributed by atoms with Gasteiger partial charge in [0, 0.05) is 58.5 Å². The van der Waals surface area contributed by atoms with Gasteiger partial charge < -0.3 is 9.80 Å². The van der Waals surface area contributed by atoms with Crippen LogP contribution >= 0.6 is 0 Å². The molecule has 0 unspecified atom stereocenters. The number of anilines is 1. The molecule has 32 heavy (non-hydrogen) atoms. The second-order valence-electron chi connectivity index (χ2n) is 9.33. The largest absolute Gasteiger partial charge is 0.378 e. The molecule has 0 spiro atoms. The van der Waals surface area contributed by atoms with E-state index in [1.807, 2.05) is 26.2 Å². The Morgan fingerprint density at radius 2 is 1.59 bits per heavy atom. The first-order chi connectivity index (χ1) is 15.3. The van der Waals surface area contributed by atoms with Crippen molar-refractivity contribution in [3.63, 3.8) is 0 Å². The Labute approximate surface area is 193 Å². The number of hydrogen-bond acceptors (Lipinski definition) is 5. The average Bonchev–Trinajstić information content (AvgIpc) is 2.80. The molecule has 0 aromatic heterocycles. The van der Waals surface area contributed by atoms with Crippen LogP contribution in [0.3, 0.4) is 0 Å². The Balaban J connectivity index is 1.53. The van der Waals surface area contributed by atoms with E-state index < -0.39 is 10.0 Å². The number of aryl methyl sites for hydroxylation is 2. The summed E-state index contributed by atoms with van der Waals surface area (Å²) in [6.07, 6.45) is 4.35. The number of sulfonamides is 1. The summed E-state index contributed by atoms with van der Waals surface area (Å²) in [6, 6.07) is 14.1. The monoisotopic (exact) mass is 456 g/mol. The minimum Gasteiger partial charge on any atom is -0.378 e. The summed E-state index contributed by atoms with van der Waals surface area (Å²) in [7, 11) is 2.63. The molecule has 7 heteroatoms. The standard InChI is InChI=1S/C25H36N4O2S/c1-27(2)23-11-8-21(9-12-23)25(29-16-14-28(3)15-17-29)19-26-32(30,31)24-13-10-20-6-4-5-7-22(20)18-24/h8-13,18,25-26H,4-7,14-17,19H2,1-3H3/t25-/m1/s1. The van der Waals surface area contributed by atoms with Crippen LogP contribution in [0.5, 0.6) is 0 Å². The van der Waals surface area contributed by atoms with Crippen LogP contribution in [0.15, 0.2) is 47.4 Å². The molecule has 0 radical (unpaired) electrons. The molecule has 1 saturated heterocycles. The third-order valence-electron chi connectivity index (χ3n) is 6.87. The molecule has 0 bridgehead atoms. The maximum atomic E-state index is 13.2. The Kier molecular flexibility index (Phi) is 7.20. The summed E-state index contributed by atoms with van der Waals surface area (Å²) < 4.78 is 29.3. The van der Waals surface area contributed by atoms with Crippen molar-refractivity contribution in [2.45, 2.75) is 36.6 Å². The van der Waals surface area contributed by atoms with Crippen molar-refractivity contribution in [2.75, 3.05) is 58.8 Å². The fourth-order valence-electron chi connectivity index (χ4n) is 4.73. The Bertz CT molecular complexity index is 1010. The molecular formula is C25H36N4O2S. The van der Waals surface area contributed by atoms with Gasteiger partial charge in [0.2, 0.25) is 10.0 Å². The lowest BCUT2D eigenvalue weighted by Gasteiger charge is -2.38. The van der Waals surface area contributed by atoms with E-state index in [-0.39, 0.29) is 6.04 Å². The number of benzene rings is 2. The van der Waals surface area contributed by atoms with Crippen LogP contribution < -0.4 is 9.62 Å². The SMILES string of the molecule is CN1CCN([C@H](CNS(=O)(=O)c2ccc3c(c2)CCCC3)c2ccc(N(C)C)cc2)CC1. The minimum absolute atomic E-state index is 0.00677. The van der Waals surface area contributed by atoms with Crippen LogP contribution in [-0.2, 0) is 22.9 Å². The lowest BCUT2D eigenvalue weighted by molar-refractivity contribution is 0.113. The van der Waals surface area contributed by atoms with Crippen LogP contribution in [0, 0.1) is 0 Å². The first-order valence-electron chi connectivity index (χ1n) is 11.6. The number of piperazine rings is 1. The zero-order valence-corrected chi connectivity index (χ0v) is 20.4. The van der Waals surface area contributed by atoms with Gasteiger partial charge in [0.1, 0.15) is 0 Å². The second-order valence-corrected chi connectivity index (χ2v) is 11.1. The molecule has 6 nitrogen and oxygen atoms in total. The van der Waals surface area contributed by atoms with Gasteiger partial charge in [0.05, 0.1) is 4.90 Å². The summed E-state index contributed by atoms with van der Waals surface area (Å²) >= 11 is 0. The lowest BCUT2D eigenvalue weighted by Crippen LogP contribution is -2.48. The van der Waals surface area contributed by atoms with Gasteiger partial charge in [-0.25, -0.2) is 13.1 Å². The quantitative estimate of drug-likeness (QED) is 0.694. The highest BCUT2D eigenvalue weighted by Crippen LogP contribution is 2.26. The lowest BCUT2D eigenvalue weighted by atomic mass is 9.92. The summed E-state index contributed by atoms with van der Waals surface area (Å²) in [5.74, 6) is 0. The number of rotatable bonds is 7. The summed E-state index contributed by atoms with van der Waals surface area (Å²) in [6.45, 7) is 4.20. The molecule has 1 heterocycles. The smallest absolute Gasteiger partial charge is 0.240 e. The fourth-order valence-corrected chi connectivity index (χ4v) is 5.82. The van der Waals surface area contributed by atoms with Gasteiger partial charge in [0.15, 0.2) is 0 Å². The van der Waals surface area contributed by atoms with E-state index >= 15 is 0 Å². The predicted octanol–water partition coefficient (Wildman–Crippen LogP) is 2.90. The van der Waals surface area contributed by atoms with Crippen molar-refractivity contribution in [2.24, 2.45) is 0 Å². The summed E-state index contributed by atoms with van der Waals surface area (Å²) in [5, 5.41) is 0. The van der Waals surface area contributed by atoms with Crippen molar-refractivity contribution in [3.05, 3.63) is 59.2 Å². The van der Waals surface area contributed by atoms with Crippen LogP contribution in [0.4, 0.5) is 5.69 Å². The zero-order chi connectivity index (χ0) is 22.7. The molecular weight excluding hydrogens is 420 g/mol. The molecule has 2 aliphatic rings. The van der Waals surface area contributed by atoms with Gasteiger partial charge in [-0.3, -0.25) is 4.90 Å². The molecule has 1 aliphatic carbocycles.